The summed E-state index contributed by atoms with van der Waals surface area (Å²) < 4.78 is 26.5. The van der Waals surface area contributed by atoms with Gasteiger partial charge in [-0.25, -0.2) is 8.78 Å². The first-order chi connectivity index (χ1) is 10.1. The smallest absolute Gasteiger partial charge is 0.238 e. The Morgan fingerprint density at radius 2 is 2.05 bits per heavy atom. The van der Waals surface area contributed by atoms with Gasteiger partial charge < -0.3 is 11.1 Å². The molecule has 1 aliphatic heterocycles. The Morgan fingerprint density at radius 3 is 2.71 bits per heavy atom. The number of carbonyl (C=O) groups is 1. The number of nitrogens with two attached hydrogens (primary N) is 1. The van der Waals surface area contributed by atoms with E-state index >= 15 is 0 Å². The Bertz CT molecular complexity index is 488. The number of anilines is 1. The third kappa shape index (κ3) is 4.75. The molecule has 3 N–H and O–H groups in total. The number of piperidine rings is 1. The lowest BCUT2D eigenvalue weighted by molar-refractivity contribution is -0.117. The van der Waals surface area contributed by atoms with Crippen molar-refractivity contribution >= 4 is 11.6 Å². The van der Waals surface area contributed by atoms with Gasteiger partial charge in [0.25, 0.3) is 0 Å². The third-order valence-corrected chi connectivity index (χ3v) is 3.85. The van der Waals surface area contributed by atoms with Gasteiger partial charge in [0, 0.05) is 6.07 Å². The summed E-state index contributed by atoms with van der Waals surface area (Å²) in [5.41, 5.74) is 5.43. The summed E-state index contributed by atoms with van der Waals surface area (Å²) in [6, 6.07) is 3.01. The zero-order valence-corrected chi connectivity index (χ0v) is 11.9. The van der Waals surface area contributed by atoms with Gasteiger partial charge in [-0.15, -0.1) is 0 Å². The fraction of sp³-hybridized carbons (Fsp3) is 0.533. The van der Waals surface area contributed by atoms with Gasteiger partial charge in [-0.05, 0) is 56.9 Å². The van der Waals surface area contributed by atoms with E-state index in [2.05, 4.69) is 5.32 Å². The Kier molecular flexibility index (Phi) is 5.64. The molecule has 21 heavy (non-hydrogen) atoms. The van der Waals surface area contributed by atoms with Crippen LogP contribution in [-0.4, -0.2) is 37.0 Å². The van der Waals surface area contributed by atoms with E-state index in [1.165, 1.54) is 0 Å². The van der Waals surface area contributed by atoms with Gasteiger partial charge in [0.2, 0.25) is 5.91 Å². The molecule has 1 amide bonds. The number of hydrogen-bond acceptors (Lipinski definition) is 3. The molecule has 2 rings (SSSR count). The second-order valence-corrected chi connectivity index (χ2v) is 5.47. The van der Waals surface area contributed by atoms with Crippen molar-refractivity contribution < 1.29 is 13.6 Å². The van der Waals surface area contributed by atoms with Crippen LogP contribution in [-0.2, 0) is 4.79 Å². The van der Waals surface area contributed by atoms with Crippen molar-refractivity contribution in [3.05, 3.63) is 29.8 Å². The summed E-state index contributed by atoms with van der Waals surface area (Å²) in [4.78, 5) is 13.9. The van der Waals surface area contributed by atoms with Crippen molar-refractivity contribution in [1.82, 2.24) is 4.90 Å². The standard InChI is InChI=1S/C15H21F2N3O/c16-12-1-2-13(17)14(9-12)19-15(21)10-20-7-4-11(3-6-18)5-8-20/h1-2,9,11H,3-8,10,18H2,(H,19,21). The maximum Gasteiger partial charge on any atom is 0.238 e. The predicted octanol–water partition coefficient (Wildman–Crippen LogP) is 1.96. The lowest BCUT2D eigenvalue weighted by Crippen LogP contribution is -2.39. The predicted molar refractivity (Wildman–Crippen MR) is 77.8 cm³/mol. The van der Waals surface area contributed by atoms with Gasteiger partial charge in [0.05, 0.1) is 12.2 Å². The molecule has 0 spiro atoms. The minimum atomic E-state index is -0.633. The fourth-order valence-electron chi connectivity index (χ4n) is 2.66. The molecule has 1 heterocycles. The van der Waals surface area contributed by atoms with Crippen LogP contribution < -0.4 is 11.1 Å². The number of halogens is 2. The average Bonchev–Trinajstić information content (AvgIpc) is 2.45. The quantitative estimate of drug-likeness (QED) is 0.873. The molecule has 1 aromatic rings. The number of benzene rings is 1. The molecule has 0 unspecified atom stereocenters. The summed E-state index contributed by atoms with van der Waals surface area (Å²) in [6.07, 6.45) is 3.08. The highest BCUT2D eigenvalue weighted by molar-refractivity contribution is 5.92. The van der Waals surface area contributed by atoms with Gasteiger partial charge in [-0.3, -0.25) is 9.69 Å². The van der Waals surface area contributed by atoms with Crippen LogP contribution in [0.15, 0.2) is 18.2 Å². The number of amides is 1. The van der Waals surface area contributed by atoms with Gasteiger partial charge >= 0.3 is 0 Å². The zero-order valence-electron chi connectivity index (χ0n) is 11.9. The van der Waals surface area contributed by atoms with E-state index in [0.717, 1.165) is 50.6 Å². The van der Waals surface area contributed by atoms with Gasteiger partial charge in [-0.2, -0.15) is 0 Å². The molecule has 0 atom stereocenters. The summed E-state index contributed by atoms with van der Waals surface area (Å²) in [7, 11) is 0. The Balaban J connectivity index is 1.81. The number of hydrogen-bond donors (Lipinski definition) is 2. The lowest BCUT2D eigenvalue weighted by Gasteiger charge is -2.31. The van der Waals surface area contributed by atoms with Crippen molar-refractivity contribution in [3.8, 4) is 0 Å². The molecule has 0 radical (unpaired) electrons. The first-order valence-electron chi connectivity index (χ1n) is 7.26. The van der Waals surface area contributed by atoms with Crippen molar-refractivity contribution in [2.24, 2.45) is 11.7 Å². The second kappa shape index (κ2) is 7.47. The largest absolute Gasteiger partial charge is 0.330 e. The van der Waals surface area contributed by atoms with Crippen molar-refractivity contribution in [2.45, 2.75) is 19.3 Å². The van der Waals surface area contributed by atoms with Gasteiger partial charge in [-0.1, -0.05) is 0 Å². The van der Waals surface area contributed by atoms with Crippen molar-refractivity contribution in [2.75, 3.05) is 31.5 Å². The molecule has 4 nitrogen and oxygen atoms in total. The molecular formula is C15H21F2N3O. The maximum absolute atomic E-state index is 13.4. The molecule has 0 aromatic heterocycles. The van der Waals surface area contributed by atoms with E-state index in [1.807, 2.05) is 4.90 Å². The third-order valence-electron chi connectivity index (χ3n) is 3.85. The van der Waals surface area contributed by atoms with E-state index in [0.29, 0.717) is 12.5 Å². The van der Waals surface area contributed by atoms with E-state index in [9.17, 15) is 13.6 Å². The molecule has 0 bridgehead atoms. The summed E-state index contributed by atoms with van der Waals surface area (Å²) in [5.74, 6) is -0.896. The van der Waals surface area contributed by atoms with Crippen LogP contribution in [0.1, 0.15) is 19.3 Å². The number of carbonyl (C=O) groups excluding carboxylic acids is 1. The van der Waals surface area contributed by atoms with E-state index < -0.39 is 11.6 Å². The molecule has 0 saturated carbocycles. The Hall–Kier alpha value is -1.53. The van der Waals surface area contributed by atoms with Crippen molar-refractivity contribution in [3.63, 3.8) is 0 Å². The Morgan fingerprint density at radius 1 is 1.33 bits per heavy atom. The summed E-state index contributed by atoms with van der Waals surface area (Å²) >= 11 is 0. The molecule has 6 heteroatoms. The van der Waals surface area contributed by atoms with Crippen LogP contribution >= 0.6 is 0 Å². The van der Waals surface area contributed by atoms with E-state index in [-0.39, 0.29) is 18.1 Å². The molecule has 116 valence electrons. The second-order valence-electron chi connectivity index (χ2n) is 5.47. The number of rotatable bonds is 5. The number of nitrogens with zero attached hydrogens (tertiary/aromatic N) is 1. The van der Waals surface area contributed by atoms with Gasteiger partial charge in [0.1, 0.15) is 11.6 Å². The highest BCUT2D eigenvalue weighted by Gasteiger charge is 2.20. The Labute approximate surface area is 123 Å². The fourth-order valence-corrected chi connectivity index (χ4v) is 2.66. The molecule has 1 aliphatic rings. The topological polar surface area (TPSA) is 58.4 Å². The lowest BCUT2D eigenvalue weighted by atomic mass is 9.94. The molecule has 1 aromatic carbocycles. The van der Waals surface area contributed by atoms with Crippen LogP contribution in [0, 0.1) is 17.6 Å². The minimum absolute atomic E-state index is 0.113. The summed E-state index contributed by atoms with van der Waals surface area (Å²) in [5, 5.41) is 2.42. The molecule has 1 fully saturated rings. The van der Waals surface area contributed by atoms with Crippen LogP contribution in [0.25, 0.3) is 0 Å². The van der Waals surface area contributed by atoms with Crippen LogP contribution in [0.3, 0.4) is 0 Å². The van der Waals surface area contributed by atoms with Gasteiger partial charge in [0.15, 0.2) is 0 Å². The normalized spacial score (nSPS) is 16.9. The van der Waals surface area contributed by atoms with Crippen LogP contribution in [0.4, 0.5) is 14.5 Å². The van der Waals surface area contributed by atoms with Crippen molar-refractivity contribution in [1.29, 1.82) is 0 Å². The highest BCUT2D eigenvalue weighted by atomic mass is 19.1. The maximum atomic E-state index is 13.4. The highest BCUT2D eigenvalue weighted by Crippen LogP contribution is 2.20. The first-order valence-corrected chi connectivity index (χ1v) is 7.26. The molecule has 1 saturated heterocycles. The zero-order chi connectivity index (χ0) is 15.2. The van der Waals surface area contributed by atoms with E-state index in [4.69, 9.17) is 5.73 Å². The average molecular weight is 297 g/mol. The molecule has 0 aliphatic carbocycles. The number of nitrogens with one attached hydrogen (secondary N) is 1. The monoisotopic (exact) mass is 297 g/mol. The number of likely N-dealkylation sites (tertiary alicyclic amines) is 1. The molecular weight excluding hydrogens is 276 g/mol. The SMILES string of the molecule is NCCC1CCN(CC(=O)Nc2cc(F)ccc2F)CC1. The summed E-state index contributed by atoms with van der Waals surface area (Å²) in [6.45, 7) is 2.57. The van der Waals surface area contributed by atoms with Crippen LogP contribution in [0.2, 0.25) is 0 Å². The van der Waals surface area contributed by atoms with Crippen LogP contribution in [0.5, 0.6) is 0 Å². The first kappa shape index (κ1) is 15.9. The van der Waals surface area contributed by atoms with E-state index in [1.54, 1.807) is 0 Å². The minimum Gasteiger partial charge on any atom is -0.330 e.